The van der Waals surface area contributed by atoms with Crippen molar-refractivity contribution in [2.75, 3.05) is 5.73 Å². The largest absolute Gasteiger partial charge is 0.419 e. The van der Waals surface area contributed by atoms with Gasteiger partial charge in [-0.2, -0.15) is 0 Å². The van der Waals surface area contributed by atoms with Crippen molar-refractivity contribution >= 4 is 5.82 Å². The first kappa shape index (κ1) is 13.2. The van der Waals surface area contributed by atoms with Crippen LogP contribution in [0.3, 0.4) is 0 Å². The fraction of sp³-hybridized carbons (Fsp3) is 0.231. The molecule has 0 spiro atoms. The Morgan fingerprint density at radius 3 is 2.67 bits per heavy atom. The number of aromatic nitrogens is 5. The molecular formula is C13H13FN6O. The summed E-state index contributed by atoms with van der Waals surface area (Å²) >= 11 is 0. The molecule has 0 saturated carbocycles. The highest BCUT2D eigenvalue weighted by Crippen LogP contribution is 2.19. The maximum atomic E-state index is 12.9. The molecular weight excluding hydrogens is 275 g/mol. The summed E-state index contributed by atoms with van der Waals surface area (Å²) in [5, 5.41) is 15.7. The lowest BCUT2D eigenvalue weighted by Crippen LogP contribution is -2.07. The molecule has 0 aliphatic heterocycles. The predicted octanol–water partition coefficient (Wildman–Crippen LogP) is 1.66. The molecule has 0 saturated heterocycles. The van der Waals surface area contributed by atoms with Gasteiger partial charge in [-0.3, -0.25) is 0 Å². The van der Waals surface area contributed by atoms with Crippen LogP contribution < -0.4 is 5.73 Å². The summed E-state index contributed by atoms with van der Waals surface area (Å²) in [6.07, 6.45) is 0.706. The summed E-state index contributed by atoms with van der Waals surface area (Å²) in [5.74, 6) is 0.796. The van der Waals surface area contributed by atoms with Gasteiger partial charge in [0.2, 0.25) is 11.8 Å². The van der Waals surface area contributed by atoms with Crippen LogP contribution in [0.2, 0.25) is 0 Å². The molecule has 108 valence electrons. The zero-order valence-corrected chi connectivity index (χ0v) is 11.3. The van der Waals surface area contributed by atoms with Crippen molar-refractivity contribution in [2.45, 2.75) is 19.9 Å². The van der Waals surface area contributed by atoms with Crippen LogP contribution in [-0.2, 0) is 13.0 Å². The molecule has 0 aliphatic rings. The second-order valence-corrected chi connectivity index (χ2v) is 4.44. The summed E-state index contributed by atoms with van der Waals surface area (Å²) in [7, 11) is 0. The molecule has 3 rings (SSSR count). The van der Waals surface area contributed by atoms with Crippen LogP contribution in [0.15, 0.2) is 28.7 Å². The lowest BCUT2D eigenvalue weighted by molar-refractivity contribution is 0.463. The number of nitrogens with zero attached hydrogens (tertiary/aromatic N) is 5. The second-order valence-electron chi connectivity index (χ2n) is 4.44. The zero-order chi connectivity index (χ0) is 14.8. The first-order valence-electron chi connectivity index (χ1n) is 6.43. The molecule has 8 heteroatoms. The van der Waals surface area contributed by atoms with E-state index in [1.807, 2.05) is 6.92 Å². The van der Waals surface area contributed by atoms with Crippen molar-refractivity contribution < 1.29 is 8.81 Å². The molecule has 0 unspecified atom stereocenters. The molecule has 0 aliphatic carbocycles. The maximum absolute atomic E-state index is 12.9. The van der Waals surface area contributed by atoms with Gasteiger partial charge in [-0.25, -0.2) is 9.07 Å². The molecule has 0 radical (unpaired) electrons. The van der Waals surface area contributed by atoms with Crippen LogP contribution in [0.25, 0.3) is 11.5 Å². The molecule has 0 bridgehead atoms. The van der Waals surface area contributed by atoms with Crippen molar-refractivity contribution in [1.82, 2.24) is 25.2 Å². The monoisotopic (exact) mass is 288 g/mol. The van der Waals surface area contributed by atoms with Crippen molar-refractivity contribution in [3.8, 4) is 11.5 Å². The van der Waals surface area contributed by atoms with E-state index in [9.17, 15) is 4.39 Å². The van der Waals surface area contributed by atoms with Gasteiger partial charge in [0, 0.05) is 5.56 Å². The molecule has 0 amide bonds. The van der Waals surface area contributed by atoms with Gasteiger partial charge in [-0.1, -0.05) is 12.1 Å². The standard InChI is InChI=1S/C13H13FN6O/c1-2-10-12(15)17-19-20(10)7-11-16-18-13(21-11)8-3-5-9(14)6-4-8/h3-6H,2,7,15H2,1H3. The van der Waals surface area contributed by atoms with Crippen LogP contribution in [0.1, 0.15) is 18.5 Å². The summed E-state index contributed by atoms with van der Waals surface area (Å²) in [6.45, 7) is 2.25. The average molecular weight is 288 g/mol. The molecule has 7 nitrogen and oxygen atoms in total. The summed E-state index contributed by atoms with van der Waals surface area (Å²) in [4.78, 5) is 0. The fourth-order valence-electron chi connectivity index (χ4n) is 1.99. The van der Waals surface area contributed by atoms with Crippen LogP contribution in [0.5, 0.6) is 0 Å². The van der Waals surface area contributed by atoms with Crippen LogP contribution >= 0.6 is 0 Å². The van der Waals surface area contributed by atoms with E-state index in [1.54, 1.807) is 16.8 Å². The highest BCUT2D eigenvalue weighted by Gasteiger charge is 2.13. The number of halogens is 1. The molecule has 2 N–H and O–H groups in total. The maximum Gasteiger partial charge on any atom is 0.247 e. The van der Waals surface area contributed by atoms with Crippen molar-refractivity contribution in [3.63, 3.8) is 0 Å². The van der Waals surface area contributed by atoms with E-state index in [2.05, 4.69) is 20.5 Å². The first-order valence-corrected chi connectivity index (χ1v) is 6.43. The minimum absolute atomic E-state index is 0.293. The number of benzene rings is 1. The van der Waals surface area contributed by atoms with Gasteiger partial charge >= 0.3 is 0 Å². The Morgan fingerprint density at radius 2 is 1.95 bits per heavy atom. The van der Waals surface area contributed by atoms with Gasteiger partial charge in [0.1, 0.15) is 12.4 Å². The molecule has 0 fully saturated rings. The van der Waals surface area contributed by atoms with E-state index >= 15 is 0 Å². The van der Waals surface area contributed by atoms with Crippen LogP contribution in [0, 0.1) is 5.82 Å². The van der Waals surface area contributed by atoms with Crippen LogP contribution in [-0.4, -0.2) is 25.2 Å². The van der Waals surface area contributed by atoms with Gasteiger partial charge in [0.25, 0.3) is 0 Å². The fourth-order valence-corrected chi connectivity index (χ4v) is 1.99. The smallest absolute Gasteiger partial charge is 0.247 e. The highest BCUT2D eigenvalue weighted by molar-refractivity contribution is 5.51. The van der Waals surface area contributed by atoms with Gasteiger partial charge in [0.05, 0.1) is 5.69 Å². The minimum atomic E-state index is -0.316. The summed E-state index contributed by atoms with van der Waals surface area (Å²) in [6, 6.07) is 5.84. The normalized spacial score (nSPS) is 11.0. The third kappa shape index (κ3) is 2.60. The molecule has 2 heterocycles. The van der Waals surface area contributed by atoms with Crippen LogP contribution in [0.4, 0.5) is 10.2 Å². The van der Waals surface area contributed by atoms with Crippen molar-refractivity contribution in [1.29, 1.82) is 0 Å². The van der Waals surface area contributed by atoms with Gasteiger partial charge < -0.3 is 10.2 Å². The SMILES string of the molecule is CCc1c(N)nnn1Cc1nnc(-c2ccc(F)cc2)o1. The minimum Gasteiger partial charge on any atom is -0.419 e. The number of nitrogen functional groups attached to an aromatic ring is 1. The van der Waals surface area contributed by atoms with Gasteiger partial charge in [-0.15, -0.1) is 15.3 Å². The number of hydrogen-bond donors (Lipinski definition) is 1. The van der Waals surface area contributed by atoms with E-state index in [1.165, 1.54) is 12.1 Å². The molecule has 1 aromatic carbocycles. The Hall–Kier alpha value is -2.77. The third-order valence-electron chi connectivity index (χ3n) is 3.05. The van der Waals surface area contributed by atoms with Gasteiger partial charge in [0.15, 0.2) is 5.82 Å². The Morgan fingerprint density at radius 1 is 1.19 bits per heavy atom. The quantitative estimate of drug-likeness (QED) is 0.784. The third-order valence-corrected chi connectivity index (χ3v) is 3.05. The molecule has 21 heavy (non-hydrogen) atoms. The topological polar surface area (TPSA) is 95.7 Å². The van der Waals surface area contributed by atoms with E-state index in [4.69, 9.17) is 10.2 Å². The summed E-state index contributed by atoms with van der Waals surface area (Å²) < 4.78 is 20.1. The number of hydrogen-bond acceptors (Lipinski definition) is 6. The van der Waals surface area contributed by atoms with E-state index in [0.29, 0.717) is 36.1 Å². The lowest BCUT2D eigenvalue weighted by Gasteiger charge is -2.00. The Balaban J connectivity index is 1.83. The number of anilines is 1. The Labute approximate surface area is 119 Å². The van der Waals surface area contributed by atoms with Crippen molar-refractivity contribution in [2.24, 2.45) is 0 Å². The van der Waals surface area contributed by atoms with E-state index in [-0.39, 0.29) is 5.82 Å². The second kappa shape index (κ2) is 5.31. The Bertz CT molecular complexity index is 748. The number of nitrogens with two attached hydrogens (primary N) is 1. The van der Waals surface area contributed by atoms with E-state index < -0.39 is 0 Å². The average Bonchev–Trinajstić information content (AvgIpc) is 3.07. The predicted molar refractivity (Wildman–Crippen MR) is 72.6 cm³/mol. The molecule has 2 aromatic heterocycles. The molecule has 0 atom stereocenters. The molecule has 3 aromatic rings. The summed E-state index contributed by atoms with van der Waals surface area (Å²) in [5.41, 5.74) is 7.19. The zero-order valence-electron chi connectivity index (χ0n) is 11.3. The lowest BCUT2D eigenvalue weighted by atomic mass is 10.2. The van der Waals surface area contributed by atoms with Crippen molar-refractivity contribution in [3.05, 3.63) is 41.7 Å². The Kier molecular flexibility index (Phi) is 3.35. The first-order chi connectivity index (χ1) is 10.2. The van der Waals surface area contributed by atoms with E-state index in [0.717, 1.165) is 5.69 Å². The number of rotatable bonds is 4. The highest BCUT2D eigenvalue weighted by atomic mass is 19.1. The van der Waals surface area contributed by atoms with Gasteiger partial charge in [-0.05, 0) is 30.7 Å².